The number of rotatable bonds is 5. The van der Waals surface area contributed by atoms with Crippen LogP contribution >= 0.6 is 0 Å². The SMILES string of the molecule is CC(C)Cc1cc2[n+](cc1[Si](C)(C)C)C1(c3ccccc3-2)c2ccc3c(oc4ccccc43)c2-c2n1c1cc3ccccc3cc1[n+]2Cc1ccccc1. The summed E-state index contributed by atoms with van der Waals surface area (Å²) in [7, 11) is -1.80. The van der Waals surface area contributed by atoms with E-state index in [4.69, 9.17) is 4.42 Å². The van der Waals surface area contributed by atoms with Gasteiger partial charge in [0, 0.05) is 22.0 Å². The molecule has 1 atom stereocenters. The molecular formula is C49H43N3OSi+2. The first-order chi connectivity index (χ1) is 26.2. The van der Waals surface area contributed by atoms with E-state index in [0.717, 1.165) is 34.9 Å². The van der Waals surface area contributed by atoms with Crippen LogP contribution < -0.4 is 14.3 Å². The van der Waals surface area contributed by atoms with Crippen molar-refractivity contribution >= 4 is 57.0 Å². The van der Waals surface area contributed by atoms with Crippen molar-refractivity contribution in [2.75, 3.05) is 0 Å². The zero-order chi connectivity index (χ0) is 36.5. The summed E-state index contributed by atoms with van der Waals surface area (Å²) in [5.74, 6) is 1.74. The van der Waals surface area contributed by atoms with Gasteiger partial charge in [-0.2, -0.15) is 4.57 Å². The van der Waals surface area contributed by atoms with Gasteiger partial charge in [0.25, 0.3) is 0 Å². The Bertz CT molecular complexity index is 3020. The number of nitrogens with zero attached hydrogens (tertiary/aromatic N) is 3. The lowest BCUT2D eigenvalue weighted by Gasteiger charge is -2.24. The Morgan fingerprint density at radius 1 is 0.722 bits per heavy atom. The highest BCUT2D eigenvalue weighted by Crippen LogP contribution is 2.55. The van der Waals surface area contributed by atoms with Crippen molar-refractivity contribution in [2.45, 2.75) is 52.1 Å². The van der Waals surface area contributed by atoms with E-state index < -0.39 is 13.7 Å². The minimum Gasteiger partial charge on any atom is -0.455 e. The third kappa shape index (κ3) is 4.19. The van der Waals surface area contributed by atoms with E-state index in [2.05, 4.69) is 187 Å². The monoisotopic (exact) mass is 717 g/mol. The third-order valence-electron chi connectivity index (χ3n) is 12.0. The van der Waals surface area contributed by atoms with Crippen LogP contribution in [0.3, 0.4) is 0 Å². The van der Waals surface area contributed by atoms with Crippen LogP contribution in [-0.2, 0) is 18.6 Å². The summed E-state index contributed by atoms with van der Waals surface area (Å²) in [6.45, 7) is 12.9. The Labute approximate surface area is 316 Å². The van der Waals surface area contributed by atoms with E-state index in [-0.39, 0.29) is 0 Å². The fourth-order valence-corrected chi connectivity index (χ4v) is 11.5. The van der Waals surface area contributed by atoms with Gasteiger partial charge in [-0.1, -0.05) is 118 Å². The van der Waals surface area contributed by atoms with Crippen molar-refractivity contribution in [2.24, 2.45) is 5.92 Å². The molecule has 0 saturated heterocycles. The maximum absolute atomic E-state index is 7.02. The molecule has 3 aromatic heterocycles. The highest BCUT2D eigenvalue weighted by Gasteiger charge is 2.67. The molecule has 2 aliphatic rings. The first kappa shape index (κ1) is 31.7. The van der Waals surface area contributed by atoms with Crippen molar-refractivity contribution < 1.29 is 13.6 Å². The quantitative estimate of drug-likeness (QED) is 0.129. The maximum Gasteiger partial charge on any atom is 0.364 e. The second-order valence-corrected chi connectivity index (χ2v) is 22.0. The summed E-state index contributed by atoms with van der Waals surface area (Å²) in [6, 6.07) is 49.6. The van der Waals surface area contributed by atoms with E-state index >= 15 is 0 Å². The molecule has 262 valence electrons. The number of pyridine rings is 1. The van der Waals surface area contributed by atoms with E-state index in [9.17, 15) is 0 Å². The predicted molar refractivity (Wildman–Crippen MR) is 223 cm³/mol. The molecule has 54 heavy (non-hydrogen) atoms. The number of furan rings is 1. The molecule has 5 heterocycles. The second kappa shape index (κ2) is 11.1. The summed E-state index contributed by atoms with van der Waals surface area (Å²) in [6.07, 6.45) is 3.65. The number of imidazole rings is 1. The lowest BCUT2D eigenvalue weighted by atomic mass is 9.88. The third-order valence-corrected chi connectivity index (χ3v) is 14.1. The van der Waals surface area contributed by atoms with Gasteiger partial charge in [-0.05, 0) is 76.7 Å². The van der Waals surface area contributed by atoms with Crippen molar-refractivity contribution in [3.05, 3.63) is 162 Å². The molecule has 11 rings (SSSR count). The van der Waals surface area contributed by atoms with Crippen molar-refractivity contribution in [3.63, 3.8) is 0 Å². The number of fused-ring (bicyclic) bond motifs is 17. The molecule has 1 unspecified atom stereocenters. The summed E-state index contributed by atoms with van der Waals surface area (Å²) in [4.78, 5) is 0. The Morgan fingerprint density at radius 3 is 2.24 bits per heavy atom. The van der Waals surface area contributed by atoms with Crippen molar-refractivity contribution in [1.29, 1.82) is 0 Å². The number of benzene rings is 6. The lowest BCUT2D eigenvalue weighted by Crippen LogP contribution is -2.61. The Morgan fingerprint density at radius 2 is 1.44 bits per heavy atom. The number of hydrogen-bond acceptors (Lipinski definition) is 1. The van der Waals surface area contributed by atoms with Gasteiger partial charge in [0.15, 0.2) is 22.8 Å². The van der Waals surface area contributed by atoms with Crippen LogP contribution in [0.5, 0.6) is 0 Å². The van der Waals surface area contributed by atoms with Gasteiger partial charge in [-0.3, -0.25) is 0 Å². The Hall–Kier alpha value is -5.78. The maximum atomic E-state index is 7.02. The molecule has 6 aromatic carbocycles. The summed E-state index contributed by atoms with van der Waals surface area (Å²) >= 11 is 0. The van der Waals surface area contributed by atoms with E-state index in [1.165, 1.54) is 71.9 Å². The minimum absolute atomic E-state index is 0.563. The van der Waals surface area contributed by atoms with Crippen LogP contribution in [0.4, 0.5) is 0 Å². The molecule has 0 amide bonds. The first-order valence-corrected chi connectivity index (χ1v) is 22.9. The van der Waals surface area contributed by atoms with Crippen molar-refractivity contribution in [1.82, 2.24) is 4.57 Å². The van der Waals surface area contributed by atoms with Crippen LogP contribution in [0.15, 0.2) is 144 Å². The van der Waals surface area contributed by atoms with Crippen LogP contribution in [0.1, 0.15) is 36.1 Å². The highest BCUT2D eigenvalue weighted by molar-refractivity contribution is 6.89. The fraction of sp³-hybridized carbons (Fsp3) is 0.184. The smallest absolute Gasteiger partial charge is 0.364 e. The number of aromatic nitrogens is 3. The summed E-state index contributed by atoms with van der Waals surface area (Å²) in [5, 5.41) is 6.32. The Balaban J connectivity index is 1.38. The number of hydrogen-bond donors (Lipinski definition) is 0. The molecule has 0 saturated carbocycles. The molecule has 0 bridgehead atoms. The van der Waals surface area contributed by atoms with E-state index in [1.54, 1.807) is 0 Å². The van der Waals surface area contributed by atoms with Crippen LogP contribution in [0.25, 0.3) is 66.4 Å². The van der Waals surface area contributed by atoms with Gasteiger partial charge in [-0.25, -0.2) is 4.57 Å². The fourth-order valence-electron chi connectivity index (χ4n) is 9.88. The molecule has 5 heteroatoms. The summed E-state index contributed by atoms with van der Waals surface area (Å²) < 4.78 is 15.0. The van der Waals surface area contributed by atoms with Gasteiger partial charge in [0.2, 0.25) is 5.69 Å². The highest BCUT2D eigenvalue weighted by atomic mass is 28.3. The van der Waals surface area contributed by atoms with Gasteiger partial charge >= 0.3 is 11.5 Å². The van der Waals surface area contributed by atoms with Crippen molar-refractivity contribution in [3.8, 4) is 22.6 Å². The zero-order valence-electron chi connectivity index (χ0n) is 31.5. The largest absolute Gasteiger partial charge is 0.455 e. The predicted octanol–water partition coefficient (Wildman–Crippen LogP) is 10.3. The molecule has 2 aliphatic heterocycles. The topological polar surface area (TPSA) is 25.8 Å². The molecule has 0 N–H and O–H groups in total. The molecule has 0 radical (unpaired) electrons. The summed E-state index contributed by atoms with van der Waals surface area (Å²) in [5.41, 5.74) is 12.7. The molecule has 9 aromatic rings. The van der Waals surface area contributed by atoms with E-state index in [1.807, 2.05) is 0 Å². The first-order valence-electron chi connectivity index (χ1n) is 19.4. The van der Waals surface area contributed by atoms with Gasteiger partial charge in [0.05, 0.1) is 24.8 Å². The average molecular weight is 718 g/mol. The second-order valence-electron chi connectivity index (χ2n) is 16.9. The average Bonchev–Trinajstić information content (AvgIpc) is 3.87. The normalized spacial score (nSPS) is 15.9. The van der Waals surface area contributed by atoms with Gasteiger partial charge < -0.3 is 4.42 Å². The molecule has 1 spiro atoms. The number of para-hydroxylation sites is 1. The van der Waals surface area contributed by atoms with Gasteiger partial charge in [0.1, 0.15) is 17.7 Å². The van der Waals surface area contributed by atoms with Gasteiger partial charge in [-0.15, -0.1) is 4.57 Å². The van der Waals surface area contributed by atoms with Crippen LogP contribution in [0, 0.1) is 5.92 Å². The zero-order valence-corrected chi connectivity index (χ0v) is 32.5. The molecule has 0 aliphatic carbocycles. The Kier molecular flexibility index (Phi) is 6.53. The minimum atomic E-state index is -1.80. The molecule has 0 fully saturated rings. The molecular weight excluding hydrogens is 675 g/mol. The molecule has 4 nitrogen and oxygen atoms in total. The van der Waals surface area contributed by atoms with Crippen LogP contribution in [0.2, 0.25) is 19.6 Å². The van der Waals surface area contributed by atoms with Crippen LogP contribution in [-0.4, -0.2) is 12.6 Å². The standard InChI is InChI=1S/C49H43N3OSi/c1-31(2)25-35-28-41-38-20-11-13-21-39(38)49(51(41)30-45(35)54(3,4)5)40-24-23-37-36-19-12-14-22-44(36)53-47(37)46(40)48-50(29-32-15-7-6-8-16-32)42-26-33-17-9-10-18-34(33)27-43(42)52(48)49/h6-24,26-28,30-31H,25,29H2,1-5H3/q+2. The lowest BCUT2D eigenvalue weighted by molar-refractivity contribution is -0.734. The van der Waals surface area contributed by atoms with E-state index in [0.29, 0.717) is 5.92 Å².